The van der Waals surface area contributed by atoms with Crippen molar-refractivity contribution in [3.8, 4) is 6.07 Å². The fourth-order valence-corrected chi connectivity index (χ4v) is 3.27. The number of carbonyl (C=O) groups excluding carboxylic acids is 1. The number of alkyl carbamates (subject to hydrolysis) is 1. The number of halogens is 1. The van der Waals surface area contributed by atoms with E-state index in [4.69, 9.17) is 25.6 Å². The van der Waals surface area contributed by atoms with Crippen molar-refractivity contribution in [2.24, 2.45) is 0 Å². The molecule has 0 aliphatic carbocycles. The highest BCUT2D eigenvalue weighted by Crippen LogP contribution is 2.39. The minimum atomic E-state index is -0.698. The highest BCUT2D eigenvalue weighted by molar-refractivity contribution is 6.56. The van der Waals surface area contributed by atoms with Crippen molar-refractivity contribution < 1.29 is 18.8 Å². The maximum atomic E-state index is 12.3. The third-order valence-corrected chi connectivity index (χ3v) is 5.92. The molecular formula is C24H26BClN2O4. The maximum absolute atomic E-state index is 12.3. The van der Waals surface area contributed by atoms with Gasteiger partial charge in [-0.1, -0.05) is 54.1 Å². The first-order valence-electron chi connectivity index (χ1n) is 10.3. The first kappa shape index (κ1) is 23.9. The molecule has 2 aromatic rings. The lowest BCUT2D eigenvalue weighted by molar-refractivity contribution is 0.00578. The van der Waals surface area contributed by atoms with E-state index in [0.717, 1.165) is 5.56 Å². The highest BCUT2D eigenvalue weighted by Gasteiger charge is 2.52. The van der Waals surface area contributed by atoms with Crippen LogP contribution in [-0.4, -0.2) is 31.0 Å². The molecule has 0 aromatic heterocycles. The van der Waals surface area contributed by atoms with Gasteiger partial charge in [-0.2, -0.15) is 5.26 Å². The molecule has 2 aromatic carbocycles. The molecule has 3 rings (SSSR count). The van der Waals surface area contributed by atoms with Gasteiger partial charge in [-0.05, 0) is 56.4 Å². The zero-order valence-electron chi connectivity index (χ0n) is 18.6. The summed E-state index contributed by atoms with van der Waals surface area (Å²) in [6.45, 7) is 8.10. The summed E-state index contributed by atoms with van der Waals surface area (Å²) in [5.41, 5.74) is 1.51. The van der Waals surface area contributed by atoms with E-state index < -0.39 is 24.4 Å². The molecule has 0 spiro atoms. The number of nitrogens with one attached hydrogen (secondary N) is 1. The van der Waals surface area contributed by atoms with Crippen LogP contribution in [0.25, 0.3) is 6.08 Å². The van der Waals surface area contributed by atoms with Gasteiger partial charge < -0.3 is 19.4 Å². The molecule has 0 radical (unpaired) electrons. The number of rotatable bonds is 6. The zero-order valence-corrected chi connectivity index (χ0v) is 19.4. The van der Waals surface area contributed by atoms with Gasteiger partial charge in [0.15, 0.2) is 0 Å². The summed E-state index contributed by atoms with van der Waals surface area (Å²) < 4.78 is 17.6. The van der Waals surface area contributed by atoms with E-state index in [1.807, 2.05) is 58.0 Å². The van der Waals surface area contributed by atoms with Crippen LogP contribution in [0.1, 0.15) is 44.4 Å². The lowest BCUT2D eigenvalue weighted by Gasteiger charge is -2.32. The number of nitrogens with zero attached hydrogens (tertiary/aromatic N) is 1. The quantitative estimate of drug-likeness (QED) is 0.613. The van der Waals surface area contributed by atoms with Crippen LogP contribution in [0.4, 0.5) is 4.79 Å². The van der Waals surface area contributed by atoms with Gasteiger partial charge in [0.1, 0.15) is 6.61 Å². The average molecular weight is 453 g/mol. The number of ether oxygens (including phenoxy) is 1. The molecule has 0 unspecified atom stereocenters. The number of hydrogen-bond donors (Lipinski definition) is 1. The van der Waals surface area contributed by atoms with Crippen LogP contribution in [0.15, 0.2) is 54.0 Å². The van der Waals surface area contributed by atoms with Crippen LogP contribution in [0.2, 0.25) is 5.02 Å². The molecule has 0 atom stereocenters. The predicted octanol–water partition coefficient (Wildman–Crippen LogP) is 5.15. The smallest absolute Gasteiger partial charge is 0.445 e. The Balaban J connectivity index is 1.78. The van der Waals surface area contributed by atoms with Crippen LogP contribution >= 0.6 is 11.6 Å². The summed E-state index contributed by atoms with van der Waals surface area (Å²) >= 11 is 6.03. The van der Waals surface area contributed by atoms with E-state index in [-0.39, 0.29) is 13.2 Å². The van der Waals surface area contributed by atoms with Gasteiger partial charge in [-0.25, -0.2) is 4.79 Å². The topological polar surface area (TPSA) is 80.6 Å². The Kier molecular flexibility index (Phi) is 7.30. The fourth-order valence-electron chi connectivity index (χ4n) is 3.10. The van der Waals surface area contributed by atoms with Crippen molar-refractivity contribution in [2.75, 3.05) is 6.54 Å². The SMILES string of the molecule is CC1(C)OB(C(=Cc2ccc(Cl)cc2C#N)CNC(=O)OCc2ccccc2)OC1(C)C. The van der Waals surface area contributed by atoms with Crippen LogP contribution in [0.5, 0.6) is 0 Å². The van der Waals surface area contributed by atoms with Crippen LogP contribution < -0.4 is 5.32 Å². The Bertz CT molecular complexity index is 1030. The Morgan fingerprint density at radius 1 is 1.16 bits per heavy atom. The first-order chi connectivity index (χ1) is 15.1. The first-order valence-corrected chi connectivity index (χ1v) is 10.7. The lowest BCUT2D eigenvalue weighted by atomic mass is 9.76. The molecule has 32 heavy (non-hydrogen) atoms. The van der Waals surface area contributed by atoms with Gasteiger partial charge in [-0.15, -0.1) is 0 Å². The predicted molar refractivity (Wildman–Crippen MR) is 125 cm³/mol. The Morgan fingerprint density at radius 2 is 1.81 bits per heavy atom. The summed E-state index contributed by atoms with van der Waals surface area (Å²) in [6, 6.07) is 16.6. The molecule has 1 aliphatic heterocycles. The Hall–Kier alpha value is -2.79. The highest BCUT2D eigenvalue weighted by atomic mass is 35.5. The van der Waals surface area contributed by atoms with E-state index in [0.29, 0.717) is 21.6 Å². The van der Waals surface area contributed by atoms with Crippen LogP contribution in [0.3, 0.4) is 0 Å². The molecule has 1 fully saturated rings. The molecule has 166 valence electrons. The average Bonchev–Trinajstić information content (AvgIpc) is 2.97. The van der Waals surface area contributed by atoms with Crippen LogP contribution in [-0.2, 0) is 20.7 Å². The van der Waals surface area contributed by atoms with Crippen molar-refractivity contribution in [3.05, 3.63) is 75.7 Å². The molecular weight excluding hydrogens is 427 g/mol. The van der Waals surface area contributed by atoms with Gasteiger partial charge in [0.05, 0.1) is 22.8 Å². The molecule has 1 N–H and O–H groups in total. The van der Waals surface area contributed by atoms with Crippen LogP contribution in [0, 0.1) is 11.3 Å². The normalized spacial score (nSPS) is 17.0. The second kappa shape index (κ2) is 9.78. The molecule has 0 bridgehead atoms. The summed E-state index contributed by atoms with van der Waals surface area (Å²) in [5.74, 6) is 0. The zero-order chi connectivity index (χ0) is 23.4. The molecule has 1 heterocycles. The number of nitriles is 1. The summed E-state index contributed by atoms with van der Waals surface area (Å²) in [5, 5.41) is 12.7. The van der Waals surface area contributed by atoms with Gasteiger partial charge in [0, 0.05) is 11.6 Å². The van der Waals surface area contributed by atoms with E-state index in [2.05, 4.69) is 11.4 Å². The third kappa shape index (κ3) is 5.71. The lowest BCUT2D eigenvalue weighted by Crippen LogP contribution is -2.41. The summed E-state index contributed by atoms with van der Waals surface area (Å²) in [4.78, 5) is 12.3. The fraction of sp³-hybridized carbons (Fsp3) is 0.333. The second-order valence-electron chi connectivity index (χ2n) is 8.57. The Labute approximate surface area is 194 Å². The van der Waals surface area contributed by atoms with E-state index in [9.17, 15) is 10.1 Å². The summed E-state index contributed by atoms with van der Waals surface area (Å²) in [6.07, 6.45) is 1.22. The number of amides is 1. The largest absolute Gasteiger partial charge is 0.492 e. The van der Waals surface area contributed by atoms with Gasteiger partial charge in [-0.3, -0.25) is 0 Å². The number of benzene rings is 2. The number of carbonyl (C=O) groups is 1. The minimum Gasteiger partial charge on any atom is -0.445 e. The van der Waals surface area contributed by atoms with E-state index in [1.54, 1.807) is 24.3 Å². The Morgan fingerprint density at radius 3 is 2.44 bits per heavy atom. The van der Waals surface area contributed by atoms with Gasteiger partial charge >= 0.3 is 13.2 Å². The molecule has 0 saturated carbocycles. The van der Waals surface area contributed by atoms with Crippen molar-refractivity contribution in [3.63, 3.8) is 0 Å². The van der Waals surface area contributed by atoms with Crippen molar-refractivity contribution in [1.29, 1.82) is 5.26 Å². The standard InChI is InChI=1S/C24H26BClN2O4/c1-23(2)24(3,4)32-25(31-23)20(12-18-10-11-21(26)13-19(18)14-27)15-28-22(29)30-16-17-8-6-5-7-9-17/h5-13H,15-16H2,1-4H3,(H,28,29). The number of hydrogen-bond acceptors (Lipinski definition) is 5. The monoisotopic (exact) mass is 452 g/mol. The third-order valence-electron chi connectivity index (χ3n) is 5.68. The summed E-state index contributed by atoms with van der Waals surface area (Å²) in [7, 11) is -0.698. The minimum absolute atomic E-state index is 0.123. The van der Waals surface area contributed by atoms with Crippen molar-refractivity contribution in [1.82, 2.24) is 5.32 Å². The van der Waals surface area contributed by atoms with Crippen molar-refractivity contribution in [2.45, 2.75) is 45.5 Å². The van der Waals surface area contributed by atoms with Gasteiger partial charge in [0.2, 0.25) is 0 Å². The molecule has 1 amide bonds. The molecule has 8 heteroatoms. The second-order valence-corrected chi connectivity index (χ2v) is 9.00. The molecule has 1 saturated heterocycles. The van der Waals surface area contributed by atoms with E-state index in [1.165, 1.54) is 0 Å². The molecule has 1 aliphatic rings. The van der Waals surface area contributed by atoms with Crippen molar-refractivity contribution >= 4 is 30.9 Å². The van der Waals surface area contributed by atoms with E-state index >= 15 is 0 Å². The molecule has 6 nitrogen and oxygen atoms in total. The van der Waals surface area contributed by atoms with Gasteiger partial charge in [0.25, 0.3) is 0 Å². The maximum Gasteiger partial charge on any atom is 0.492 e.